The third-order valence-electron chi connectivity index (χ3n) is 2.76. The zero-order chi connectivity index (χ0) is 12.3. The summed E-state index contributed by atoms with van der Waals surface area (Å²) in [6.07, 6.45) is 0.898. The van der Waals surface area contributed by atoms with Crippen LogP contribution in [-0.2, 0) is 13.0 Å². The Bertz CT molecular complexity index is 507. The molecule has 0 saturated heterocycles. The summed E-state index contributed by atoms with van der Waals surface area (Å²) in [7, 11) is 0. The van der Waals surface area contributed by atoms with E-state index in [-0.39, 0.29) is 0 Å². The Morgan fingerprint density at radius 2 is 2.18 bits per heavy atom. The van der Waals surface area contributed by atoms with E-state index in [1.807, 2.05) is 19.1 Å². The molecule has 0 saturated carbocycles. The lowest BCUT2D eigenvalue weighted by molar-refractivity contribution is 0.340. The van der Waals surface area contributed by atoms with Gasteiger partial charge in [-0.3, -0.25) is 0 Å². The fraction of sp³-hybridized carbons (Fsp3) is 0.462. The number of hydrogen-bond donors (Lipinski definition) is 1. The van der Waals surface area contributed by atoms with E-state index in [9.17, 15) is 0 Å². The number of imidazole rings is 1. The Morgan fingerprint density at radius 1 is 1.35 bits per heavy atom. The topological polar surface area (TPSA) is 27.1 Å². The Labute approximate surface area is 107 Å². The summed E-state index contributed by atoms with van der Waals surface area (Å²) in [5.41, 5.74) is 2.18. The fourth-order valence-corrected chi connectivity index (χ4v) is 2.26. The largest absolute Gasteiger partial charge is 0.494 e. The van der Waals surface area contributed by atoms with Crippen molar-refractivity contribution in [2.75, 3.05) is 12.4 Å². The van der Waals surface area contributed by atoms with Crippen molar-refractivity contribution >= 4 is 23.7 Å². The number of rotatable bonds is 5. The average molecular weight is 250 g/mol. The Balaban J connectivity index is 2.48. The second kappa shape index (κ2) is 5.45. The molecule has 0 aliphatic heterocycles. The van der Waals surface area contributed by atoms with Crippen LogP contribution in [0.15, 0.2) is 18.2 Å². The van der Waals surface area contributed by atoms with Gasteiger partial charge in [-0.1, -0.05) is 0 Å². The summed E-state index contributed by atoms with van der Waals surface area (Å²) in [5, 5.41) is 0. The minimum Gasteiger partial charge on any atom is -0.494 e. The van der Waals surface area contributed by atoms with Crippen LogP contribution in [0.1, 0.15) is 19.7 Å². The molecule has 1 heterocycles. The van der Waals surface area contributed by atoms with Crippen molar-refractivity contribution in [2.24, 2.45) is 0 Å². The molecule has 0 aliphatic rings. The lowest BCUT2D eigenvalue weighted by atomic mass is 10.3. The lowest BCUT2D eigenvalue weighted by Gasteiger charge is -2.05. The van der Waals surface area contributed by atoms with Gasteiger partial charge >= 0.3 is 0 Å². The van der Waals surface area contributed by atoms with Gasteiger partial charge in [-0.05, 0) is 31.7 Å². The predicted molar refractivity (Wildman–Crippen MR) is 74.1 cm³/mol. The van der Waals surface area contributed by atoms with Crippen molar-refractivity contribution in [3.63, 3.8) is 0 Å². The van der Waals surface area contributed by atoms with Gasteiger partial charge in [0.15, 0.2) is 0 Å². The van der Waals surface area contributed by atoms with E-state index >= 15 is 0 Å². The number of fused-ring (bicyclic) bond motifs is 1. The maximum absolute atomic E-state index is 5.49. The second-order valence-electron chi connectivity index (χ2n) is 3.83. The van der Waals surface area contributed by atoms with Crippen LogP contribution in [0.3, 0.4) is 0 Å². The fourth-order valence-electron chi connectivity index (χ4n) is 2.06. The number of aromatic nitrogens is 2. The maximum Gasteiger partial charge on any atom is 0.121 e. The molecule has 0 atom stereocenters. The number of aryl methyl sites for hydroxylation is 2. The summed E-state index contributed by atoms with van der Waals surface area (Å²) >= 11 is 4.28. The van der Waals surface area contributed by atoms with Crippen LogP contribution < -0.4 is 4.74 Å². The van der Waals surface area contributed by atoms with E-state index in [4.69, 9.17) is 4.74 Å². The quantitative estimate of drug-likeness (QED) is 0.826. The van der Waals surface area contributed by atoms with Crippen molar-refractivity contribution in [1.29, 1.82) is 0 Å². The molecule has 4 heteroatoms. The molecule has 0 N–H and O–H groups in total. The van der Waals surface area contributed by atoms with Gasteiger partial charge in [0.1, 0.15) is 11.6 Å². The molecule has 0 fully saturated rings. The maximum atomic E-state index is 5.49. The standard InChI is InChI=1S/C13H18N2OS/c1-3-15-12-6-5-10(16-4-2)9-11(12)14-13(15)7-8-17/h5-6,9,17H,3-4,7-8H2,1-2H3. The summed E-state index contributed by atoms with van der Waals surface area (Å²) < 4.78 is 7.73. The van der Waals surface area contributed by atoms with E-state index in [0.717, 1.165) is 35.8 Å². The number of benzene rings is 1. The van der Waals surface area contributed by atoms with Crippen molar-refractivity contribution < 1.29 is 4.74 Å². The van der Waals surface area contributed by atoms with Crippen LogP contribution in [0.25, 0.3) is 11.0 Å². The first kappa shape index (κ1) is 12.3. The molecule has 0 radical (unpaired) electrons. The molecule has 2 aromatic rings. The first-order chi connectivity index (χ1) is 8.30. The van der Waals surface area contributed by atoms with Gasteiger partial charge in [0.05, 0.1) is 17.6 Å². The van der Waals surface area contributed by atoms with Gasteiger partial charge < -0.3 is 9.30 Å². The smallest absolute Gasteiger partial charge is 0.121 e. The summed E-state index contributed by atoms with van der Waals surface area (Å²) in [6, 6.07) is 6.09. The van der Waals surface area contributed by atoms with Crippen LogP contribution in [0.2, 0.25) is 0 Å². The van der Waals surface area contributed by atoms with Crippen LogP contribution in [-0.4, -0.2) is 21.9 Å². The van der Waals surface area contributed by atoms with Crippen molar-refractivity contribution in [3.8, 4) is 5.75 Å². The van der Waals surface area contributed by atoms with Gasteiger partial charge in [0.25, 0.3) is 0 Å². The van der Waals surface area contributed by atoms with Gasteiger partial charge in [-0.25, -0.2) is 4.98 Å². The van der Waals surface area contributed by atoms with Crippen molar-refractivity contribution in [2.45, 2.75) is 26.8 Å². The van der Waals surface area contributed by atoms with Crippen LogP contribution >= 0.6 is 12.6 Å². The summed E-state index contributed by atoms with van der Waals surface area (Å²) in [6.45, 7) is 5.75. The monoisotopic (exact) mass is 250 g/mol. The molecule has 3 nitrogen and oxygen atoms in total. The SMILES string of the molecule is CCOc1ccc2c(c1)nc(CCS)n2CC. The molecule has 1 aromatic heterocycles. The second-order valence-corrected chi connectivity index (χ2v) is 4.28. The number of ether oxygens (including phenoxy) is 1. The van der Waals surface area contributed by atoms with E-state index in [2.05, 4.69) is 35.2 Å². The molecule has 0 unspecified atom stereocenters. The van der Waals surface area contributed by atoms with Crippen LogP contribution in [0, 0.1) is 0 Å². The zero-order valence-corrected chi connectivity index (χ0v) is 11.2. The normalized spacial score (nSPS) is 11.0. The number of nitrogens with zero attached hydrogens (tertiary/aromatic N) is 2. The molecule has 1 aromatic carbocycles. The average Bonchev–Trinajstić information content (AvgIpc) is 2.66. The molecular weight excluding hydrogens is 232 g/mol. The first-order valence-electron chi connectivity index (χ1n) is 6.03. The highest BCUT2D eigenvalue weighted by Crippen LogP contribution is 2.22. The molecule has 0 amide bonds. The molecule has 0 aliphatic carbocycles. The molecule has 2 rings (SSSR count). The minimum atomic E-state index is 0.684. The third kappa shape index (κ3) is 2.41. The zero-order valence-electron chi connectivity index (χ0n) is 10.3. The van der Waals surface area contributed by atoms with E-state index < -0.39 is 0 Å². The van der Waals surface area contributed by atoms with Crippen LogP contribution in [0.5, 0.6) is 5.75 Å². The third-order valence-corrected chi connectivity index (χ3v) is 2.99. The lowest BCUT2D eigenvalue weighted by Crippen LogP contribution is -2.02. The van der Waals surface area contributed by atoms with E-state index in [1.165, 1.54) is 5.52 Å². The first-order valence-corrected chi connectivity index (χ1v) is 6.66. The molecule has 0 spiro atoms. The van der Waals surface area contributed by atoms with Crippen molar-refractivity contribution in [1.82, 2.24) is 9.55 Å². The molecule has 0 bridgehead atoms. The minimum absolute atomic E-state index is 0.684. The summed E-state index contributed by atoms with van der Waals surface area (Å²) in [4.78, 5) is 4.65. The molecule has 17 heavy (non-hydrogen) atoms. The van der Waals surface area contributed by atoms with E-state index in [1.54, 1.807) is 0 Å². The highest BCUT2D eigenvalue weighted by Gasteiger charge is 2.09. The Kier molecular flexibility index (Phi) is 3.94. The Morgan fingerprint density at radius 3 is 2.82 bits per heavy atom. The highest BCUT2D eigenvalue weighted by atomic mass is 32.1. The summed E-state index contributed by atoms with van der Waals surface area (Å²) in [5.74, 6) is 2.81. The van der Waals surface area contributed by atoms with Gasteiger partial charge in [-0.2, -0.15) is 12.6 Å². The highest BCUT2D eigenvalue weighted by molar-refractivity contribution is 7.80. The van der Waals surface area contributed by atoms with Gasteiger partial charge in [0, 0.05) is 19.0 Å². The van der Waals surface area contributed by atoms with Gasteiger partial charge in [0.2, 0.25) is 0 Å². The number of hydrogen-bond acceptors (Lipinski definition) is 3. The van der Waals surface area contributed by atoms with E-state index in [0.29, 0.717) is 6.61 Å². The van der Waals surface area contributed by atoms with Crippen molar-refractivity contribution in [3.05, 3.63) is 24.0 Å². The Hall–Kier alpha value is -1.16. The predicted octanol–water partition coefficient (Wildman–Crippen LogP) is 2.93. The molecular formula is C13H18N2OS. The number of thiol groups is 1. The molecule has 92 valence electrons. The van der Waals surface area contributed by atoms with Crippen LogP contribution in [0.4, 0.5) is 0 Å². The van der Waals surface area contributed by atoms with Gasteiger partial charge in [-0.15, -0.1) is 0 Å².